The number of carbonyl (C=O) groups is 1. The summed E-state index contributed by atoms with van der Waals surface area (Å²) in [5.41, 5.74) is 1.85. The molecule has 0 radical (unpaired) electrons. The molecule has 0 saturated heterocycles. The molecule has 1 heterocycles. The predicted molar refractivity (Wildman–Crippen MR) is 63.3 cm³/mol. The van der Waals surface area contributed by atoms with Crippen molar-refractivity contribution in [3.63, 3.8) is 0 Å². The second-order valence-electron chi connectivity index (χ2n) is 4.16. The Labute approximate surface area is 99.5 Å². The van der Waals surface area contributed by atoms with E-state index in [4.69, 9.17) is 5.11 Å². The fourth-order valence-electron chi connectivity index (χ4n) is 1.87. The maximum atomic E-state index is 11.8. The molecule has 0 spiro atoms. The molecule has 0 aromatic heterocycles. The molecule has 17 heavy (non-hydrogen) atoms. The van der Waals surface area contributed by atoms with Crippen LogP contribution in [0.1, 0.15) is 30.9 Å². The summed E-state index contributed by atoms with van der Waals surface area (Å²) in [4.78, 5) is 11.1. The van der Waals surface area contributed by atoms with Gasteiger partial charge in [0.25, 0.3) is 0 Å². The number of sulfone groups is 1. The van der Waals surface area contributed by atoms with Gasteiger partial charge in [-0.1, -0.05) is 12.1 Å². The Morgan fingerprint density at radius 1 is 1.35 bits per heavy atom. The standard InChI is InChI=1S/C12H12O4S/c1-7-6-17(15,16)11-5-9(3-4-10(7)11)8(2)12(13)14/h3-6,8H,1-2H3,(H,13,14). The summed E-state index contributed by atoms with van der Waals surface area (Å²) in [6, 6.07) is 4.78. The van der Waals surface area contributed by atoms with Gasteiger partial charge in [-0.25, -0.2) is 8.42 Å². The maximum absolute atomic E-state index is 11.8. The molecule has 90 valence electrons. The molecule has 1 aromatic rings. The molecule has 0 fully saturated rings. The van der Waals surface area contributed by atoms with Crippen LogP contribution in [0.4, 0.5) is 0 Å². The van der Waals surface area contributed by atoms with Gasteiger partial charge in [-0.05, 0) is 36.6 Å². The topological polar surface area (TPSA) is 71.4 Å². The Morgan fingerprint density at radius 3 is 2.59 bits per heavy atom. The molecule has 5 heteroatoms. The third-order valence-corrected chi connectivity index (χ3v) is 4.55. The maximum Gasteiger partial charge on any atom is 0.310 e. The normalized spacial score (nSPS) is 18.4. The molecule has 0 amide bonds. The second kappa shape index (κ2) is 3.70. The van der Waals surface area contributed by atoms with Gasteiger partial charge in [0, 0.05) is 5.41 Å². The van der Waals surface area contributed by atoms with Gasteiger partial charge in [-0.2, -0.15) is 0 Å². The van der Waals surface area contributed by atoms with Gasteiger partial charge in [-0.3, -0.25) is 4.79 Å². The lowest BCUT2D eigenvalue weighted by molar-refractivity contribution is -0.138. The van der Waals surface area contributed by atoms with Crippen LogP contribution < -0.4 is 0 Å². The first-order valence-corrected chi connectivity index (χ1v) is 6.68. The highest BCUT2D eigenvalue weighted by molar-refractivity contribution is 7.95. The van der Waals surface area contributed by atoms with Crippen molar-refractivity contribution in [1.82, 2.24) is 0 Å². The van der Waals surface area contributed by atoms with E-state index in [2.05, 4.69) is 0 Å². The molecule has 1 aliphatic rings. The lowest BCUT2D eigenvalue weighted by Crippen LogP contribution is -2.08. The summed E-state index contributed by atoms with van der Waals surface area (Å²) in [6.45, 7) is 3.26. The third kappa shape index (κ3) is 1.86. The van der Waals surface area contributed by atoms with Crippen LogP contribution in [0.15, 0.2) is 28.5 Å². The van der Waals surface area contributed by atoms with Gasteiger partial charge in [0.1, 0.15) is 0 Å². The van der Waals surface area contributed by atoms with Crippen molar-refractivity contribution >= 4 is 21.4 Å². The quantitative estimate of drug-likeness (QED) is 0.874. The molecule has 2 rings (SSSR count). The Kier molecular flexibility index (Phi) is 2.58. The molecule has 1 unspecified atom stereocenters. The zero-order chi connectivity index (χ0) is 12.8. The number of allylic oxidation sites excluding steroid dienone is 1. The predicted octanol–water partition coefficient (Wildman–Crippen LogP) is 2.02. The molecule has 1 atom stereocenters. The summed E-state index contributed by atoms with van der Waals surface area (Å²) in [5.74, 6) is -1.68. The van der Waals surface area contributed by atoms with E-state index in [9.17, 15) is 13.2 Å². The molecular weight excluding hydrogens is 240 g/mol. The fraction of sp³-hybridized carbons (Fsp3) is 0.250. The first-order valence-electron chi connectivity index (χ1n) is 5.13. The minimum Gasteiger partial charge on any atom is -0.481 e. The van der Waals surface area contributed by atoms with Gasteiger partial charge in [0.2, 0.25) is 9.84 Å². The average Bonchev–Trinajstić information content (AvgIpc) is 2.48. The smallest absolute Gasteiger partial charge is 0.310 e. The van der Waals surface area contributed by atoms with Gasteiger partial charge < -0.3 is 5.11 Å². The van der Waals surface area contributed by atoms with Crippen molar-refractivity contribution < 1.29 is 18.3 Å². The van der Waals surface area contributed by atoms with Crippen LogP contribution in [0.5, 0.6) is 0 Å². The van der Waals surface area contributed by atoms with Crippen LogP contribution in [-0.2, 0) is 14.6 Å². The van der Waals surface area contributed by atoms with Crippen LogP contribution in [0.25, 0.3) is 5.57 Å². The first kappa shape index (κ1) is 11.9. The largest absolute Gasteiger partial charge is 0.481 e. The molecule has 0 saturated carbocycles. The van der Waals surface area contributed by atoms with Gasteiger partial charge >= 0.3 is 5.97 Å². The van der Waals surface area contributed by atoms with Crippen LogP contribution in [-0.4, -0.2) is 19.5 Å². The van der Waals surface area contributed by atoms with E-state index >= 15 is 0 Å². The number of benzene rings is 1. The van der Waals surface area contributed by atoms with Crippen molar-refractivity contribution in [2.75, 3.05) is 0 Å². The number of hydrogen-bond acceptors (Lipinski definition) is 3. The van der Waals surface area contributed by atoms with E-state index in [1.807, 2.05) is 0 Å². The highest BCUT2D eigenvalue weighted by atomic mass is 32.2. The van der Waals surface area contributed by atoms with Crippen LogP contribution in [0.2, 0.25) is 0 Å². The molecular formula is C12H12O4S. The Bertz CT molecular complexity index is 626. The van der Waals surface area contributed by atoms with Crippen molar-refractivity contribution in [1.29, 1.82) is 0 Å². The highest BCUT2D eigenvalue weighted by Gasteiger charge is 2.26. The minimum absolute atomic E-state index is 0.209. The lowest BCUT2D eigenvalue weighted by atomic mass is 9.98. The van der Waals surface area contributed by atoms with Crippen molar-refractivity contribution in [3.05, 3.63) is 34.7 Å². The molecule has 1 aliphatic heterocycles. The molecule has 0 aliphatic carbocycles. The van der Waals surface area contributed by atoms with Crippen LogP contribution in [0, 0.1) is 0 Å². The Morgan fingerprint density at radius 2 is 2.00 bits per heavy atom. The fourth-order valence-corrected chi connectivity index (χ4v) is 3.43. The summed E-state index contributed by atoms with van der Waals surface area (Å²) in [6.07, 6.45) is 0. The van der Waals surface area contributed by atoms with E-state index in [0.717, 1.165) is 0 Å². The Hall–Kier alpha value is -1.62. The monoisotopic (exact) mass is 252 g/mol. The number of carboxylic acids is 1. The van der Waals surface area contributed by atoms with Gasteiger partial charge in [0.05, 0.1) is 10.8 Å². The first-order chi connectivity index (χ1) is 7.83. The number of carboxylic acid groups (broad SMARTS) is 1. The zero-order valence-corrected chi connectivity index (χ0v) is 10.3. The van der Waals surface area contributed by atoms with Crippen LogP contribution in [0.3, 0.4) is 0 Å². The number of aliphatic carboxylic acids is 1. The second-order valence-corrected chi connectivity index (χ2v) is 5.93. The van der Waals surface area contributed by atoms with E-state index in [1.54, 1.807) is 19.1 Å². The summed E-state index contributed by atoms with van der Waals surface area (Å²) in [5, 5.41) is 10.1. The van der Waals surface area contributed by atoms with E-state index in [1.165, 1.54) is 18.4 Å². The summed E-state index contributed by atoms with van der Waals surface area (Å²) >= 11 is 0. The highest BCUT2D eigenvalue weighted by Crippen LogP contribution is 2.34. The van der Waals surface area contributed by atoms with Crippen molar-refractivity contribution in [2.24, 2.45) is 0 Å². The van der Waals surface area contributed by atoms with E-state index in [-0.39, 0.29) is 4.90 Å². The molecule has 1 aromatic carbocycles. The van der Waals surface area contributed by atoms with E-state index in [0.29, 0.717) is 16.7 Å². The molecule has 1 N–H and O–H groups in total. The average molecular weight is 252 g/mol. The summed E-state index contributed by atoms with van der Waals surface area (Å²) in [7, 11) is -3.39. The third-order valence-electron chi connectivity index (χ3n) is 2.94. The van der Waals surface area contributed by atoms with Crippen molar-refractivity contribution in [2.45, 2.75) is 24.7 Å². The van der Waals surface area contributed by atoms with Crippen molar-refractivity contribution in [3.8, 4) is 0 Å². The SMILES string of the molecule is CC1=CS(=O)(=O)c2cc(C(C)C(=O)O)ccc21. The van der Waals surface area contributed by atoms with E-state index < -0.39 is 21.7 Å². The summed E-state index contributed by atoms with van der Waals surface area (Å²) < 4.78 is 23.6. The lowest BCUT2D eigenvalue weighted by Gasteiger charge is -2.09. The number of rotatable bonds is 2. The van der Waals surface area contributed by atoms with Gasteiger partial charge in [-0.15, -0.1) is 0 Å². The molecule has 0 bridgehead atoms. The number of hydrogen-bond donors (Lipinski definition) is 1. The number of fused-ring (bicyclic) bond motifs is 1. The minimum atomic E-state index is -3.39. The van der Waals surface area contributed by atoms with Gasteiger partial charge in [0.15, 0.2) is 0 Å². The van der Waals surface area contributed by atoms with Crippen LogP contribution >= 0.6 is 0 Å². The zero-order valence-electron chi connectivity index (χ0n) is 9.47. The Balaban J connectivity index is 2.59. The molecule has 4 nitrogen and oxygen atoms in total.